The number of nitrogens with zero attached hydrogens (tertiary/aromatic N) is 2. The lowest BCUT2D eigenvalue weighted by molar-refractivity contribution is -0.130. The molecule has 1 saturated heterocycles. The zero-order chi connectivity index (χ0) is 19.1. The molecule has 0 bridgehead atoms. The minimum atomic E-state index is -0.415. The zero-order valence-electron chi connectivity index (χ0n) is 15.2. The van der Waals surface area contributed by atoms with Gasteiger partial charge in [0.1, 0.15) is 6.04 Å². The summed E-state index contributed by atoms with van der Waals surface area (Å²) in [5, 5.41) is 3.81. The van der Waals surface area contributed by atoms with Gasteiger partial charge in [-0.1, -0.05) is 42.4 Å². The Morgan fingerprint density at radius 2 is 2.04 bits per heavy atom. The second kappa shape index (κ2) is 9.24. The first-order valence-electron chi connectivity index (χ1n) is 9.12. The third kappa shape index (κ3) is 5.35. The van der Waals surface area contributed by atoms with Crippen molar-refractivity contribution in [3.63, 3.8) is 0 Å². The van der Waals surface area contributed by atoms with Gasteiger partial charge in [0.15, 0.2) is 5.82 Å². The van der Waals surface area contributed by atoms with Crippen LogP contribution in [0.2, 0.25) is 0 Å². The Balaban J connectivity index is 1.34. The van der Waals surface area contributed by atoms with E-state index in [1.165, 1.54) is 0 Å². The van der Waals surface area contributed by atoms with Gasteiger partial charge in [0.25, 0.3) is 5.91 Å². The molecule has 0 radical (unpaired) electrons. The first-order chi connectivity index (χ1) is 13.2. The Labute approximate surface area is 157 Å². The van der Waals surface area contributed by atoms with Gasteiger partial charge in [0, 0.05) is 25.3 Å². The van der Waals surface area contributed by atoms with Crippen LogP contribution in [-0.4, -0.2) is 28.0 Å². The van der Waals surface area contributed by atoms with Crippen LogP contribution in [0.5, 0.6) is 0 Å². The van der Waals surface area contributed by atoms with Crippen molar-refractivity contribution >= 4 is 11.8 Å². The predicted molar refractivity (Wildman–Crippen MR) is 96.8 cm³/mol. The van der Waals surface area contributed by atoms with Crippen molar-refractivity contribution in [1.29, 1.82) is 0 Å². The molecule has 2 aromatic rings. The first kappa shape index (κ1) is 19.0. The standard InChI is InChI=1S/C18H24N6O3/c1-2-15-19-17(27-24-15)10-6-9-16(25)22-23-18(26)14-11-13(20-21-14)12-7-4-3-5-8-12/h3-5,7-8,13-14,20-21H,2,6,9-11H2,1H3,(H,22,25)(H,23,26). The summed E-state index contributed by atoms with van der Waals surface area (Å²) >= 11 is 0. The second-order valence-corrected chi connectivity index (χ2v) is 6.39. The molecule has 2 heterocycles. The molecular weight excluding hydrogens is 348 g/mol. The van der Waals surface area contributed by atoms with Gasteiger partial charge in [0.2, 0.25) is 11.8 Å². The van der Waals surface area contributed by atoms with Crippen LogP contribution in [0.1, 0.15) is 49.5 Å². The fourth-order valence-electron chi connectivity index (χ4n) is 2.85. The smallest absolute Gasteiger partial charge is 0.256 e. The molecule has 0 spiro atoms. The van der Waals surface area contributed by atoms with E-state index in [2.05, 4.69) is 31.8 Å². The molecule has 1 aliphatic heterocycles. The lowest BCUT2D eigenvalue weighted by atomic mass is 10.0. The molecule has 3 rings (SSSR count). The van der Waals surface area contributed by atoms with E-state index in [0.717, 1.165) is 5.56 Å². The molecule has 2 unspecified atom stereocenters. The average molecular weight is 372 g/mol. The Morgan fingerprint density at radius 1 is 1.22 bits per heavy atom. The summed E-state index contributed by atoms with van der Waals surface area (Å²) < 4.78 is 5.07. The maximum Gasteiger partial charge on any atom is 0.256 e. The fourth-order valence-corrected chi connectivity index (χ4v) is 2.85. The number of hydrogen-bond donors (Lipinski definition) is 4. The molecule has 27 heavy (non-hydrogen) atoms. The van der Waals surface area contributed by atoms with Crippen LogP contribution >= 0.6 is 0 Å². The normalized spacial score (nSPS) is 19.0. The third-order valence-electron chi connectivity index (χ3n) is 4.37. The van der Waals surface area contributed by atoms with Gasteiger partial charge in [-0.3, -0.25) is 20.4 Å². The Hall–Kier alpha value is -2.78. The van der Waals surface area contributed by atoms with Crippen LogP contribution in [0.4, 0.5) is 0 Å². The number of nitrogens with one attached hydrogen (secondary N) is 4. The number of carbonyl (C=O) groups is 2. The molecule has 9 nitrogen and oxygen atoms in total. The lowest BCUT2D eigenvalue weighted by Gasteiger charge is -2.11. The highest BCUT2D eigenvalue weighted by Gasteiger charge is 2.30. The van der Waals surface area contributed by atoms with E-state index in [1.807, 2.05) is 37.3 Å². The number of aromatic nitrogens is 2. The molecule has 144 valence electrons. The summed E-state index contributed by atoms with van der Waals surface area (Å²) in [5.41, 5.74) is 12.1. The molecule has 1 aromatic heterocycles. The van der Waals surface area contributed by atoms with Crippen molar-refractivity contribution in [1.82, 2.24) is 31.8 Å². The van der Waals surface area contributed by atoms with E-state index in [-0.39, 0.29) is 24.3 Å². The van der Waals surface area contributed by atoms with Crippen molar-refractivity contribution in [2.24, 2.45) is 0 Å². The summed E-state index contributed by atoms with van der Waals surface area (Å²) in [5.74, 6) is 0.646. The van der Waals surface area contributed by atoms with Gasteiger partial charge < -0.3 is 4.52 Å². The number of benzene rings is 1. The van der Waals surface area contributed by atoms with E-state index in [0.29, 0.717) is 37.4 Å². The van der Waals surface area contributed by atoms with Crippen LogP contribution in [0.25, 0.3) is 0 Å². The molecular formula is C18H24N6O3. The Bertz CT molecular complexity index is 763. The largest absolute Gasteiger partial charge is 0.339 e. The highest BCUT2D eigenvalue weighted by Crippen LogP contribution is 2.21. The first-order valence-corrected chi connectivity index (χ1v) is 9.12. The topological polar surface area (TPSA) is 121 Å². The van der Waals surface area contributed by atoms with Crippen molar-refractivity contribution in [3.8, 4) is 0 Å². The lowest BCUT2D eigenvalue weighted by Crippen LogP contribution is -2.50. The van der Waals surface area contributed by atoms with E-state index < -0.39 is 6.04 Å². The van der Waals surface area contributed by atoms with Crippen LogP contribution < -0.4 is 21.7 Å². The molecule has 1 aliphatic rings. The number of carbonyl (C=O) groups excluding carboxylic acids is 2. The summed E-state index contributed by atoms with van der Waals surface area (Å²) in [4.78, 5) is 28.3. The SMILES string of the molecule is CCc1noc(CCCC(=O)NNC(=O)C2CC(c3ccccc3)NN2)n1. The minimum Gasteiger partial charge on any atom is -0.339 e. The number of hydrogen-bond acceptors (Lipinski definition) is 7. The number of rotatable bonds is 7. The number of hydrazine groups is 2. The van der Waals surface area contributed by atoms with Gasteiger partial charge >= 0.3 is 0 Å². The van der Waals surface area contributed by atoms with E-state index >= 15 is 0 Å². The molecule has 1 aromatic carbocycles. The zero-order valence-corrected chi connectivity index (χ0v) is 15.2. The summed E-state index contributed by atoms with van der Waals surface area (Å²) in [7, 11) is 0. The quantitative estimate of drug-likeness (QED) is 0.528. The van der Waals surface area contributed by atoms with Gasteiger partial charge in [-0.15, -0.1) is 0 Å². The monoisotopic (exact) mass is 372 g/mol. The van der Waals surface area contributed by atoms with Gasteiger partial charge in [-0.05, 0) is 18.4 Å². The van der Waals surface area contributed by atoms with E-state index in [1.54, 1.807) is 0 Å². The highest BCUT2D eigenvalue weighted by atomic mass is 16.5. The summed E-state index contributed by atoms with van der Waals surface area (Å²) in [6, 6.07) is 9.53. The highest BCUT2D eigenvalue weighted by molar-refractivity contribution is 5.85. The predicted octanol–water partition coefficient (Wildman–Crippen LogP) is 0.710. The fraction of sp³-hybridized carbons (Fsp3) is 0.444. The summed E-state index contributed by atoms with van der Waals surface area (Å²) in [6.07, 6.45) is 2.66. The molecule has 2 atom stereocenters. The third-order valence-corrected chi connectivity index (χ3v) is 4.37. The van der Waals surface area contributed by atoms with Crippen LogP contribution in [-0.2, 0) is 22.4 Å². The van der Waals surface area contributed by atoms with Gasteiger partial charge in [0.05, 0.1) is 0 Å². The molecule has 4 N–H and O–H groups in total. The van der Waals surface area contributed by atoms with Crippen molar-refractivity contribution in [2.45, 2.75) is 51.1 Å². The molecule has 0 saturated carbocycles. The van der Waals surface area contributed by atoms with Gasteiger partial charge in [-0.2, -0.15) is 4.98 Å². The number of amides is 2. The van der Waals surface area contributed by atoms with Crippen LogP contribution in [0.3, 0.4) is 0 Å². The Kier molecular flexibility index (Phi) is 6.50. The number of aryl methyl sites for hydroxylation is 2. The van der Waals surface area contributed by atoms with Gasteiger partial charge in [-0.25, -0.2) is 10.9 Å². The molecule has 2 amide bonds. The Morgan fingerprint density at radius 3 is 2.78 bits per heavy atom. The average Bonchev–Trinajstić information content (AvgIpc) is 3.36. The van der Waals surface area contributed by atoms with Crippen LogP contribution in [0, 0.1) is 0 Å². The van der Waals surface area contributed by atoms with E-state index in [4.69, 9.17) is 4.52 Å². The maximum absolute atomic E-state index is 12.2. The molecule has 0 aliphatic carbocycles. The molecule has 1 fully saturated rings. The van der Waals surface area contributed by atoms with Crippen molar-refractivity contribution in [2.75, 3.05) is 0 Å². The van der Waals surface area contributed by atoms with Crippen molar-refractivity contribution < 1.29 is 14.1 Å². The minimum absolute atomic E-state index is 0.0556. The maximum atomic E-state index is 12.2. The van der Waals surface area contributed by atoms with E-state index in [9.17, 15) is 9.59 Å². The second-order valence-electron chi connectivity index (χ2n) is 6.39. The van der Waals surface area contributed by atoms with Crippen molar-refractivity contribution in [3.05, 3.63) is 47.6 Å². The van der Waals surface area contributed by atoms with Crippen LogP contribution in [0.15, 0.2) is 34.9 Å². The molecule has 9 heteroatoms. The summed E-state index contributed by atoms with van der Waals surface area (Å²) in [6.45, 7) is 1.95.